The summed E-state index contributed by atoms with van der Waals surface area (Å²) in [4.78, 5) is 5.10. The topological polar surface area (TPSA) is 22.1 Å². The van der Waals surface area contributed by atoms with Gasteiger partial charge < -0.3 is 4.74 Å². The maximum absolute atomic E-state index is 5.33. The Labute approximate surface area is 63.2 Å². The first-order chi connectivity index (χ1) is 4.97. The first kappa shape index (κ1) is 5.92. The standard InChI is InChI=1S/C7H7NOS/c1-2-6(9-3-1)7-4-8-5-10-7/h2,4-5H,1,3H2. The number of aromatic nitrogens is 1. The van der Waals surface area contributed by atoms with Crippen molar-refractivity contribution in [3.63, 3.8) is 0 Å². The molecule has 0 N–H and O–H groups in total. The third kappa shape index (κ3) is 0.926. The highest BCUT2D eigenvalue weighted by Gasteiger charge is 2.08. The average Bonchev–Trinajstić information content (AvgIpc) is 2.59. The minimum atomic E-state index is 0.827. The number of hydrogen-bond acceptors (Lipinski definition) is 3. The van der Waals surface area contributed by atoms with E-state index in [0.717, 1.165) is 23.7 Å². The summed E-state index contributed by atoms with van der Waals surface area (Å²) in [5.74, 6) is 1.00. The van der Waals surface area contributed by atoms with E-state index in [4.69, 9.17) is 4.74 Å². The second kappa shape index (κ2) is 2.42. The van der Waals surface area contributed by atoms with E-state index in [1.165, 1.54) is 0 Å². The Kier molecular flexibility index (Phi) is 1.43. The average molecular weight is 153 g/mol. The van der Waals surface area contributed by atoms with Crippen molar-refractivity contribution in [2.24, 2.45) is 0 Å². The molecule has 1 aromatic heterocycles. The molecule has 1 aliphatic heterocycles. The molecule has 0 radical (unpaired) electrons. The summed E-state index contributed by atoms with van der Waals surface area (Å²) in [7, 11) is 0. The first-order valence-electron chi connectivity index (χ1n) is 3.18. The fourth-order valence-corrected chi connectivity index (χ4v) is 1.54. The van der Waals surface area contributed by atoms with Gasteiger partial charge in [-0.2, -0.15) is 0 Å². The summed E-state index contributed by atoms with van der Waals surface area (Å²) >= 11 is 1.62. The van der Waals surface area contributed by atoms with E-state index in [0.29, 0.717) is 0 Å². The molecule has 0 bridgehead atoms. The van der Waals surface area contributed by atoms with Gasteiger partial charge >= 0.3 is 0 Å². The van der Waals surface area contributed by atoms with Crippen LogP contribution in [0.4, 0.5) is 0 Å². The van der Waals surface area contributed by atoms with E-state index < -0.39 is 0 Å². The highest BCUT2D eigenvalue weighted by molar-refractivity contribution is 7.10. The Hall–Kier alpha value is -0.830. The number of ether oxygens (including phenoxy) is 1. The smallest absolute Gasteiger partial charge is 0.134 e. The van der Waals surface area contributed by atoms with Gasteiger partial charge in [0.15, 0.2) is 0 Å². The molecule has 2 nitrogen and oxygen atoms in total. The van der Waals surface area contributed by atoms with E-state index in [9.17, 15) is 0 Å². The first-order valence-corrected chi connectivity index (χ1v) is 4.06. The SMILES string of the molecule is C1=C(c2cncs2)OCC1. The molecule has 0 saturated carbocycles. The van der Waals surface area contributed by atoms with Gasteiger partial charge in [0.2, 0.25) is 0 Å². The van der Waals surface area contributed by atoms with Gasteiger partial charge in [0.25, 0.3) is 0 Å². The monoisotopic (exact) mass is 153 g/mol. The normalized spacial score (nSPS) is 16.6. The second-order valence-electron chi connectivity index (χ2n) is 2.07. The van der Waals surface area contributed by atoms with Gasteiger partial charge in [-0.1, -0.05) is 0 Å². The van der Waals surface area contributed by atoms with Crippen molar-refractivity contribution in [2.45, 2.75) is 6.42 Å². The fourth-order valence-electron chi connectivity index (χ4n) is 0.927. The van der Waals surface area contributed by atoms with E-state index in [2.05, 4.69) is 11.1 Å². The van der Waals surface area contributed by atoms with Crippen LogP contribution in [0, 0.1) is 0 Å². The zero-order valence-corrected chi connectivity index (χ0v) is 6.23. The summed E-state index contributed by atoms with van der Waals surface area (Å²) in [5.41, 5.74) is 1.82. The number of rotatable bonds is 1. The van der Waals surface area contributed by atoms with E-state index in [-0.39, 0.29) is 0 Å². The fraction of sp³-hybridized carbons (Fsp3) is 0.286. The Morgan fingerprint density at radius 1 is 1.60 bits per heavy atom. The zero-order valence-electron chi connectivity index (χ0n) is 5.41. The molecule has 0 spiro atoms. The highest BCUT2D eigenvalue weighted by atomic mass is 32.1. The Balaban J connectivity index is 2.28. The molecule has 0 aliphatic carbocycles. The van der Waals surface area contributed by atoms with E-state index >= 15 is 0 Å². The molecule has 2 heterocycles. The summed E-state index contributed by atoms with van der Waals surface area (Å²) in [6.07, 6.45) is 4.97. The Morgan fingerprint density at radius 3 is 3.20 bits per heavy atom. The Morgan fingerprint density at radius 2 is 2.60 bits per heavy atom. The van der Waals surface area contributed by atoms with Crippen LogP contribution in [0.5, 0.6) is 0 Å². The lowest BCUT2D eigenvalue weighted by Gasteiger charge is -1.96. The van der Waals surface area contributed by atoms with Crippen molar-refractivity contribution in [1.82, 2.24) is 4.98 Å². The lowest BCUT2D eigenvalue weighted by Crippen LogP contribution is -1.80. The van der Waals surface area contributed by atoms with Gasteiger partial charge in [-0.25, -0.2) is 0 Å². The maximum Gasteiger partial charge on any atom is 0.134 e. The van der Waals surface area contributed by atoms with Crippen LogP contribution in [0.25, 0.3) is 5.76 Å². The van der Waals surface area contributed by atoms with Crippen LogP contribution in [0.15, 0.2) is 17.8 Å². The van der Waals surface area contributed by atoms with Crippen LogP contribution < -0.4 is 0 Å². The van der Waals surface area contributed by atoms with Crippen LogP contribution in [0.2, 0.25) is 0 Å². The van der Waals surface area contributed by atoms with E-state index in [1.807, 2.05) is 11.7 Å². The van der Waals surface area contributed by atoms with Crippen molar-refractivity contribution in [2.75, 3.05) is 6.61 Å². The minimum absolute atomic E-state index is 0.827. The lowest BCUT2D eigenvalue weighted by molar-refractivity contribution is 0.308. The van der Waals surface area contributed by atoms with Crippen LogP contribution >= 0.6 is 11.3 Å². The molecule has 0 fully saturated rings. The van der Waals surface area contributed by atoms with Gasteiger partial charge in [-0.3, -0.25) is 4.98 Å². The Bertz CT molecular complexity index is 240. The van der Waals surface area contributed by atoms with Crippen molar-refractivity contribution in [1.29, 1.82) is 0 Å². The maximum atomic E-state index is 5.33. The molecule has 52 valence electrons. The third-order valence-corrected chi connectivity index (χ3v) is 2.17. The lowest BCUT2D eigenvalue weighted by atomic mass is 10.4. The predicted molar refractivity (Wildman–Crippen MR) is 40.7 cm³/mol. The molecule has 10 heavy (non-hydrogen) atoms. The van der Waals surface area contributed by atoms with Crippen LogP contribution in [0.1, 0.15) is 11.3 Å². The third-order valence-electron chi connectivity index (χ3n) is 1.38. The van der Waals surface area contributed by atoms with Crippen LogP contribution in [0.3, 0.4) is 0 Å². The van der Waals surface area contributed by atoms with Gasteiger partial charge in [0, 0.05) is 12.6 Å². The van der Waals surface area contributed by atoms with Crippen LogP contribution in [-0.4, -0.2) is 11.6 Å². The number of nitrogens with zero attached hydrogens (tertiary/aromatic N) is 1. The van der Waals surface area contributed by atoms with Crippen molar-refractivity contribution >= 4 is 17.1 Å². The molecule has 0 saturated heterocycles. The molecule has 0 unspecified atom stereocenters. The highest BCUT2D eigenvalue weighted by Crippen LogP contribution is 2.23. The molecular formula is C7H7NOS. The number of hydrogen-bond donors (Lipinski definition) is 0. The quantitative estimate of drug-likeness (QED) is 0.614. The van der Waals surface area contributed by atoms with E-state index in [1.54, 1.807) is 11.3 Å². The van der Waals surface area contributed by atoms with Gasteiger partial charge in [-0.15, -0.1) is 11.3 Å². The summed E-state index contributed by atoms with van der Waals surface area (Å²) in [5, 5.41) is 0. The van der Waals surface area contributed by atoms with Crippen molar-refractivity contribution in [3.8, 4) is 0 Å². The molecule has 0 atom stereocenters. The minimum Gasteiger partial charge on any atom is -0.492 e. The predicted octanol–water partition coefficient (Wildman–Crippen LogP) is 1.90. The summed E-state index contributed by atoms with van der Waals surface area (Å²) in [6.45, 7) is 0.827. The van der Waals surface area contributed by atoms with Gasteiger partial charge in [0.05, 0.1) is 17.0 Å². The van der Waals surface area contributed by atoms with Crippen molar-refractivity contribution < 1.29 is 4.74 Å². The molecule has 0 aromatic carbocycles. The second-order valence-corrected chi connectivity index (χ2v) is 2.96. The van der Waals surface area contributed by atoms with Crippen LogP contribution in [-0.2, 0) is 4.74 Å². The van der Waals surface area contributed by atoms with Gasteiger partial charge in [0.1, 0.15) is 5.76 Å². The summed E-state index contributed by atoms with van der Waals surface area (Å²) < 4.78 is 5.33. The van der Waals surface area contributed by atoms with Crippen molar-refractivity contribution in [3.05, 3.63) is 22.7 Å². The van der Waals surface area contributed by atoms with Gasteiger partial charge in [-0.05, 0) is 6.08 Å². The molecule has 2 rings (SSSR count). The molecule has 1 aromatic rings. The molecule has 1 aliphatic rings. The molecule has 0 amide bonds. The largest absolute Gasteiger partial charge is 0.492 e. The summed E-state index contributed by atoms with van der Waals surface area (Å²) in [6, 6.07) is 0. The molecule has 3 heteroatoms. The zero-order chi connectivity index (χ0) is 6.81. The molecular weight excluding hydrogens is 146 g/mol. The number of thiazole rings is 1.